The Labute approximate surface area is 165 Å². The summed E-state index contributed by atoms with van der Waals surface area (Å²) in [5, 5.41) is 2.98. The minimum atomic E-state index is -0.0155. The molecule has 4 aromatic rings. The van der Waals surface area contributed by atoms with Gasteiger partial charge in [-0.2, -0.15) is 0 Å². The Morgan fingerprint density at radius 2 is 1.36 bits per heavy atom. The van der Waals surface area contributed by atoms with E-state index in [1.807, 2.05) is 66.7 Å². The lowest BCUT2D eigenvalue weighted by molar-refractivity contribution is -0.115. The normalized spacial score (nSPS) is 10.6. The van der Waals surface area contributed by atoms with Crippen LogP contribution < -0.4 is 5.32 Å². The lowest BCUT2D eigenvalue weighted by atomic mass is 10.1. The standard InChI is InChI=1S/C25H22N2O/c28-25(26-23-14-8-3-9-15-23)17-24-16-22(21-12-6-2-7-13-21)19-27(24)18-20-10-4-1-5-11-20/h1-16,19H,17-18H2,(H,26,28). The molecule has 3 heteroatoms. The van der Waals surface area contributed by atoms with Gasteiger partial charge in [-0.1, -0.05) is 78.9 Å². The van der Waals surface area contributed by atoms with Crippen molar-refractivity contribution in [2.75, 3.05) is 5.32 Å². The summed E-state index contributed by atoms with van der Waals surface area (Å²) in [5.74, 6) is -0.0155. The van der Waals surface area contributed by atoms with Gasteiger partial charge in [-0.05, 0) is 34.9 Å². The molecule has 4 rings (SSSR count). The Morgan fingerprint density at radius 1 is 0.750 bits per heavy atom. The lowest BCUT2D eigenvalue weighted by Gasteiger charge is -2.10. The smallest absolute Gasteiger partial charge is 0.230 e. The molecule has 0 aliphatic rings. The maximum Gasteiger partial charge on any atom is 0.230 e. The van der Waals surface area contributed by atoms with E-state index >= 15 is 0 Å². The zero-order valence-electron chi connectivity index (χ0n) is 15.6. The number of amides is 1. The molecule has 0 fully saturated rings. The van der Waals surface area contributed by atoms with E-state index in [9.17, 15) is 4.79 Å². The number of anilines is 1. The summed E-state index contributed by atoms with van der Waals surface area (Å²) in [6.07, 6.45) is 2.46. The maximum absolute atomic E-state index is 12.6. The van der Waals surface area contributed by atoms with Crippen molar-refractivity contribution < 1.29 is 4.79 Å². The van der Waals surface area contributed by atoms with Crippen molar-refractivity contribution in [3.05, 3.63) is 115 Å². The molecule has 1 N–H and O–H groups in total. The van der Waals surface area contributed by atoms with E-state index < -0.39 is 0 Å². The Bertz CT molecular complexity index is 1040. The van der Waals surface area contributed by atoms with Crippen LogP contribution in [-0.2, 0) is 17.8 Å². The molecule has 0 aliphatic heterocycles. The Kier molecular flexibility index (Phi) is 5.34. The second kappa shape index (κ2) is 8.40. The van der Waals surface area contributed by atoms with E-state index in [1.165, 1.54) is 5.56 Å². The highest BCUT2D eigenvalue weighted by molar-refractivity contribution is 5.92. The number of nitrogens with zero attached hydrogens (tertiary/aromatic N) is 1. The molecule has 0 radical (unpaired) electrons. The molecule has 0 saturated carbocycles. The summed E-state index contributed by atoms with van der Waals surface area (Å²) in [5.41, 5.74) is 5.30. The van der Waals surface area contributed by atoms with E-state index in [0.717, 1.165) is 29.1 Å². The van der Waals surface area contributed by atoms with Crippen LogP contribution in [0.4, 0.5) is 5.69 Å². The number of hydrogen-bond donors (Lipinski definition) is 1. The summed E-state index contributed by atoms with van der Waals surface area (Å²) < 4.78 is 2.17. The molecule has 0 unspecified atom stereocenters. The molecular formula is C25H22N2O. The summed E-state index contributed by atoms with van der Waals surface area (Å²) >= 11 is 0. The first-order valence-corrected chi connectivity index (χ1v) is 9.41. The first-order valence-electron chi connectivity index (χ1n) is 9.41. The zero-order valence-corrected chi connectivity index (χ0v) is 15.6. The number of rotatable bonds is 6. The van der Waals surface area contributed by atoms with Crippen molar-refractivity contribution in [1.29, 1.82) is 0 Å². The topological polar surface area (TPSA) is 34.0 Å². The Hall–Kier alpha value is -3.59. The van der Waals surface area contributed by atoms with Crippen LogP contribution in [-0.4, -0.2) is 10.5 Å². The van der Waals surface area contributed by atoms with Crippen molar-refractivity contribution in [3.8, 4) is 11.1 Å². The van der Waals surface area contributed by atoms with Gasteiger partial charge in [0.15, 0.2) is 0 Å². The van der Waals surface area contributed by atoms with Crippen LogP contribution in [0.3, 0.4) is 0 Å². The molecule has 3 aromatic carbocycles. The van der Waals surface area contributed by atoms with Gasteiger partial charge in [0, 0.05) is 24.1 Å². The quantitative estimate of drug-likeness (QED) is 0.488. The third-order valence-corrected chi connectivity index (χ3v) is 4.69. The minimum absolute atomic E-state index is 0.0155. The summed E-state index contributed by atoms with van der Waals surface area (Å²) in [6, 6.07) is 32.3. The SMILES string of the molecule is O=C(Cc1cc(-c2ccccc2)cn1Cc1ccccc1)Nc1ccccc1. The molecule has 3 nitrogen and oxygen atoms in total. The van der Waals surface area contributed by atoms with Crippen molar-refractivity contribution >= 4 is 11.6 Å². The van der Waals surface area contributed by atoms with E-state index in [1.54, 1.807) is 0 Å². The molecular weight excluding hydrogens is 344 g/mol. The van der Waals surface area contributed by atoms with Gasteiger partial charge in [0.05, 0.1) is 6.42 Å². The summed E-state index contributed by atoms with van der Waals surface area (Å²) in [6.45, 7) is 0.738. The average Bonchev–Trinajstić information content (AvgIpc) is 3.12. The van der Waals surface area contributed by atoms with Crippen molar-refractivity contribution in [2.24, 2.45) is 0 Å². The fourth-order valence-corrected chi connectivity index (χ4v) is 3.31. The monoisotopic (exact) mass is 366 g/mol. The van der Waals surface area contributed by atoms with Gasteiger partial charge in [0.1, 0.15) is 0 Å². The van der Waals surface area contributed by atoms with Crippen molar-refractivity contribution in [2.45, 2.75) is 13.0 Å². The van der Waals surface area contributed by atoms with Crippen LogP contribution in [0, 0.1) is 0 Å². The molecule has 0 spiro atoms. The summed E-state index contributed by atoms with van der Waals surface area (Å²) in [7, 11) is 0. The molecule has 1 heterocycles. The van der Waals surface area contributed by atoms with Gasteiger partial charge in [0.25, 0.3) is 0 Å². The van der Waals surface area contributed by atoms with E-state index in [0.29, 0.717) is 6.42 Å². The summed E-state index contributed by atoms with van der Waals surface area (Å²) in [4.78, 5) is 12.6. The maximum atomic E-state index is 12.6. The van der Waals surface area contributed by atoms with Crippen LogP contribution in [0.1, 0.15) is 11.3 Å². The highest BCUT2D eigenvalue weighted by Crippen LogP contribution is 2.23. The first kappa shape index (κ1) is 17.8. The Balaban J connectivity index is 1.60. The Morgan fingerprint density at radius 3 is 2.04 bits per heavy atom. The van der Waals surface area contributed by atoms with Gasteiger partial charge >= 0.3 is 0 Å². The van der Waals surface area contributed by atoms with Gasteiger partial charge in [-0.3, -0.25) is 4.79 Å². The van der Waals surface area contributed by atoms with Crippen LogP contribution in [0.15, 0.2) is 103 Å². The zero-order chi connectivity index (χ0) is 19.2. The molecule has 1 aromatic heterocycles. The minimum Gasteiger partial charge on any atom is -0.346 e. The highest BCUT2D eigenvalue weighted by atomic mass is 16.1. The van der Waals surface area contributed by atoms with Crippen LogP contribution in [0.25, 0.3) is 11.1 Å². The number of nitrogens with one attached hydrogen (secondary N) is 1. The second-order valence-corrected chi connectivity index (χ2v) is 6.79. The number of para-hydroxylation sites is 1. The molecule has 138 valence electrons. The number of carbonyl (C=O) groups is 1. The highest BCUT2D eigenvalue weighted by Gasteiger charge is 2.12. The average molecular weight is 366 g/mol. The van der Waals surface area contributed by atoms with Gasteiger partial charge in [0.2, 0.25) is 5.91 Å². The van der Waals surface area contributed by atoms with Crippen molar-refractivity contribution in [3.63, 3.8) is 0 Å². The predicted octanol–water partition coefficient (Wildman–Crippen LogP) is 5.38. The molecule has 0 atom stereocenters. The van der Waals surface area contributed by atoms with Gasteiger partial charge < -0.3 is 9.88 Å². The van der Waals surface area contributed by atoms with E-state index in [2.05, 4.69) is 46.4 Å². The molecule has 0 aliphatic carbocycles. The number of carbonyl (C=O) groups excluding carboxylic acids is 1. The molecule has 0 bridgehead atoms. The lowest BCUT2D eigenvalue weighted by Crippen LogP contribution is -2.16. The van der Waals surface area contributed by atoms with Crippen LogP contribution >= 0.6 is 0 Å². The van der Waals surface area contributed by atoms with E-state index in [-0.39, 0.29) is 5.91 Å². The third kappa shape index (κ3) is 4.38. The van der Waals surface area contributed by atoms with Crippen LogP contribution in [0.5, 0.6) is 0 Å². The van der Waals surface area contributed by atoms with Crippen LogP contribution in [0.2, 0.25) is 0 Å². The van der Waals surface area contributed by atoms with Crippen molar-refractivity contribution in [1.82, 2.24) is 4.57 Å². The fourth-order valence-electron chi connectivity index (χ4n) is 3.31. The predicted molar refractivity (Wildman–Crippen MR) is 114 cm³/mol. The number of hydrogen-bond acceptors (Lipinski definition) is 1. The van der Waals surface area contributed by atoms with Gasteiger partial charge in [-0.25, -0.2) is 0 Å². The first-order chi connectivity index (χ1) is 13.8. The second-order valence-electron chi connectivity index (χ2n) is 6.79. The number of aromatic nitrogens is 1. The molecule has 0 saturated heterocycles. The van der Waals surface area contributed by atoms with E-state index in [4.69, 9.17) is 0 Å². The fraction of sp³-hybridized carbons (Fsp3) is 0.0800. The molecule has 28 heavy (non-hydrogen) atoms. The third-order valence-electron chi connectivity index (χ3n) is 4.69. The largest absolute Gasteiger partial charge is 0.346 e. The van der Waals surface area contributed by atoms with Gasteiger partial charge in [-0.15, -0.1) is 0 Å². The molecule has 1 amide bonds. The number of benzene rings is 3.